The third kappa shape index (κ3) is 3.87. The summed E-state index contributed by atoms with van der Waals surface area (Å²) in [5.74, 6) is 1.21. The highest BCUT2D eigenvalue weighted by molar-refractivity contribution is 5.87. The number of benzene rings is 2. The summed E-state index contributed by atoms with van der Waals surface area (Å²) < 4.78 is 17.9. The molecule has 6 heteroatoms. The molecule has 0 spiro atoms. The van der Waals surface area contributed by atoms with E-state index < -0.39 is 0 Å². The predicted octanol–water partition coefficient (Wildman–Crippen LogP) is 4.34. The smallest absolute Gasteiger partial charge is 0.200 e. The molecule has 2 aliphatic rings. The van der Waals surface area contributed by atoms with Gasteiger partial charge < -0.3 is 24.1 Å². The molecule has 0 radical (unpaired) electrons. The topological polar surface area (TPSA) is 63.9 Å². The van der Waals surface area contributed by atoms with Crippen LogP contribution < -0.4 is 20.4 Å². The average molecular weight is 406 g/mol. The van der Waals surface area contributed by atoms with Gasteiger partial charge in [0.1, 0.15) is 16.7 Å². The zero-order chi connectivity index (χ0) is 20.5. The first kappa shape index (κ1) is 19.0. The standard InChI is InChI=1S/C24H26N2O4/c1-16(25-17-5-3-2-4-6-17)19-9-10-21(29-18-7-8-18)23-20(27)15-22(30-24(19)23)26-11-13-28-14-12-26/h2-6,9-10,15-16,18,25H,7-8,11-14H2,1H3. The van der Waals surface area contributed by atoms with Crippen molar-refractivity contribution in [2.45, 2.75) is 31.9 Å². The Morgan fingerprint density at radius 1 is 1.10 bits per heavy atom. The normalized spacial score (nSPS) is 17.7. The average Bonchev–Trinajstić information content (AvgIpc) is 3.59. The Morgan fingerprint density at radius 3 is 2.60 bits per heavy atom. The van der Waals surface area contributed by atoms with E-state index in [2.05, 4.69) is 17.1 Å². The van der Waals surface area contributed by atoms with E-state index in [0.29, 0.717) is 48.9 Å². The molecule has 1 aliphatic heterocycles. The molecule has 1 N–H and O–H groups in total. The van der Waals surface area contributed by atoms with E-state index in [9.17, 15) is 4.79 Å². The second-order valence-corrected chi connectivity index (χ2v) is 7.95. The number of nitrogens with zero attached hydrogens (tertiary/aromatic N) is 1. The van der Waals surface area contributed by atoms with Gasteiger partial charge in [-0.3, -0.25) is 4.79 Å². The maximum absolute atomic E-state index is 13.2. The molecular formula is C24H26N2O4. The van der Waals surface area contributed by atoms with E-state index in [1.165, 1.54) is 0 Å². The number of anilines is 2. The van der Waals surface area contributed by atoms with Crippen LogP contribution >= 0.6 is 0 Å². The molecule has 0 amide bonds. The molecule has 2 fully saturated rings. The Labute approximate surface area is 175 Å². The van der Waals surface area contributed by atoms with Crippen LogP contribution in [-0.4, -0.2) is 32.4 Å². The second kappa shape index (κ2) is 8.03. The fourth-order valence-corrected chi connectivity index (χ4v) is 3.85. The molecule has 2 aromatic carbocycles. The van der Waals surface area contributed by atoms with Crippen LogP contribution in [0.5, 0.6) is 5.75 Å². The monoisotopic (exact) mass is 406 g/mol. The van der Waals surface area contributed by atoms with Crippen LogP contribution in [0.2, 0.25) is 0 Å². The molecule has 30 heavy (non-hydrogen) atoms. The molecule has 156 valence electrons. The van der Waals surface area contributed by atoms with Gasteiger partial charge in [0.25, 0.3) is 0 Å². The lowest BCUT2D eigenvalue weighted by Gasteiger charge is -2.27. The van der Waals surface area contributed by atoms with Crippen molar-refractivity contribution in [3.63, 3.8) is 0 Å². The van der Waals surface area contributed by atoms with Gasteiger partial charge in [-0.25, -0.2) is 0 Å². The number of fused-ring (bicyclic) bond motifs is 1. The summed E-state index contributed by atoms with van der Waals surface area (Å²) in [4.78, 5) is 15.2. The van der Waals surface area contributed by atoms with Crippen molar-refractivity contribution in [3.8, 4) is 5.75 Å². The van der Waals surface area contributed by atoms with Crippen LogP contribution in [0.3, 0.4) is 0 Å². The van der Waals surface area contributed by atoms with E-state index in [4.69, 9.17) is 13.9 Å². The van der Waals surface area contributed by atoms with Gasteiger partial charge in [0.05, 0.1) is 25.4 Å². The first-order valence-electron chi connectivity index (χ1n) is 10.6. The number of para-hydroxylation sites is 1. The summed E-state index contributed by atoms with van der Waals surface area (Å²) in [5.41, 5.74) is 2.48. The molecule has 1 saturated heterocycles. The molecule has 0 bridgehead atoms. The maximum atomic E-state index is 13.2. The SMILES string of the molecule is CC(Nc1ccccc1)c1ccc(OC2CC2)c2c(=O)cc(N3CCOCC3)oc12. The molecule has 1 unspecified atom stereocenters. The predicted molar refractivity (Wildman–Crippen MR) is 118 cm³/mol. The fourth-order valence-electron chi connectivity index (χ4n) is 3.85. The molecule has 1 atom stereocenters. The van der Waals surface area contributed by atoms with Crippen LogP contribution in [0.15, 0.2) is 57.7 Å². The van der Waals surface area contributed by atoms with Crippen molar-refractivity contribution in [2.24, 2.45) is 0 Å². The Hall–Kier alpha value is -2.99. The highest BCUT2D eigenvalue weighted by Gasteiger charge is 2.27. The highest BCUT2D eigenvalue weighted by Crippen LogP contribution is 2.36. The first-order chi connectivity index (χ1) is 14.7. The number of hydrogen-bond acceptors (Lipinski definition) is 6. The minimum Gasteiger partial charge on any atom is -0.490 e. The minimum atomic E-state index is -0.0675. The van der Waals surface area contributed by atoms with Gasteiger partial charge in [-0.15, -0.1) is 0 Å². The number of nitrogens with one attached hydrogen (secondary N) is 1. The first-order valence-corrected chi connectivity index (χ1v) is 10.6. The molecule has 5 rings (SSSR count). The second-order valence-electron chi connectivity index (χ2n) is 7.95. The van der Waals surface area contributed by atoms with Crippen molar-refractivity contribution in [1.82, 2.24) is 0 Å². The van der Waals surface area contributed by atoms with E-state index >= 15 is 0 Å². The number of morpholine rings is 1. The summed E-state index contributed by atoms with van der Waals surface area (Å²) >= 11 is 0. The molecule has 2 heterocycles. The Balaban J connectivity index is 1.59. The zero-order valence-corrected chi connectivity index (χ0v) is 17.1. The number of ether oxygens (including phenoxy) is 2. The van der Waals surface area contributed by atoms with Gasteiger partial charge in [-0.05, 0) is 44.0 Å². The molecule has 1 aromatic heterocycles. The summed E-state index contributed by atoms with van der Waals surface area (Å²) in [7, 11) is 0. The van der Waals surface area contributed by atoms with Gasteiger partial charge in [0, 0.05) is 30.4 Å². The maximum Gasteiger partial charge on any atom is 0.200 e. The van der Waals surface area contributed by atoms with E-state index in [-0.39, 0.29) is 17.6 Å². The Kier molecular flexibility index (Phi) is 5.09. The van der Waals surface area contributed by atoms with Crippen molar-refractivity contribution in [2.75, 3.05) is 36.5 Å². The largest absolute Gasteiger partial charge is 0.490 e. The molecule has 1 aliphatic carbocycles. The lowest BCUT2D eigenvalue weighted by molar-refractivity contribution is 0.121. The van der Waals surface area contributed by atoms with E-state index in [1.807, 2.05) is 42.5 Å². The van der Waals surface area contributed by atoms with Gasteiger partial charge in [0.2, 0.25) is 0 Å². The Morgan fingerprint density at radius 2 is 1.87 bits per heavy atom. The van der Waals surface area contributed by atoms with Crippen LogP contribution in [0.4, 0.5) is 11.6 Å². The van der Waals surface area contributed by atoms with Crippen molar-refractivity contribution in [1.29, 1.82) is 0 Å². The summed E-state index contributed by atoms with van der Waals surface area (Å²) in [6.45, 7) is 4.75. The van der Waals surface area contributed by atoms with Crippen molar-refractivity contribution < 1.29 is 13.9 Å². The molecule has 6 nitrogen and oxygen atoms in total. The van der Waals surface area contributed by atoms with Crippen LogP contribution in [0.1, 0.15) is 31.4 Å². The zero-order valence-electron chi connectivity index (χ0n) is 17.1. The van der Waals surface area contributed by atoms with Gasteiger partial charge in [-0.1, -0.05) is 18.2 Å². The molecule has 1 saturated carbocycles. The number of rotatable bonds is 6. The van der Waals surface area contributed by atoms with Crippen LogP contribution in [0.25, 0.3) is 11.0 Å². The minimum absolute atomic E-state index is 0.0482. The van der Waals surface area contributed by atoms with Crippen LogP contribution in [-0.2, 0) is 4.74 Å². The quantitative estimate of drug-likeness (QED) is 0.657. The Bertz CT molecular complexity index is 1090. The molecule has 3 aromatic rings. The van der Waals surface area contributed by atoms with Crippen molar-refractivity contribution in [3.05, 3.63) is 64.3 Å². The molecular weight excluding hydrogens is 380 g/mol. The van der Waals surface area contributed by atoms with Gasteiger partial charge in [-0.2, -0.15) is 0 Å². The highest BCUT2D eigenvalue weighted by atomic mass is 16.5. The summed E-state index contributed by atoms with van der Waals surface area (Å²) in [6, 6.07) is 15.5. The number of hydrogen-bond donors (Lipinski definition) is 1. The third-order valence-electron chi connectivity index (χ3n) is 5.62. The van der Waals surface area contributed by atoms with E-state index in [1.54, 1.807) is 6.07 Å². The third-order valence-corrected chi connectivity index (χ3v) is 5.62. The van der Waals surface area contributed by atoms with Gasteiger partial charge in [0.15, 0.2) is 11.3 Å². The summed E-state index contributed by atoms with van der Waals surface area (Å²) in [6.07, 6.45) is 2.27. The van der Waals surface area contributed by atoms with E-state index in [0.717, 1.165) is 24.1 Å². The fraction of sp³-hybridized carbons (Fsp3) is 0.375. The summed E-state index contributed by atoms with van der Waals surface area (Å²) in [5, 5.41) is 4.03. The van der Waals surface area contributed by atoms with Gasteiger partial charge >= 0.3 is 0 Å². The van der Waals surface area contributed by atoms with Crippen molar-refractivity contribution >= 4 is 22.5 Å². The lowest BCUT2D eigenvalue weighted by atomic mass is 10.0. The van der Waals surface area contributed by atoms with Crippen LogP contribution in [0, 0.1) is 0 Å². The lowest BCUT2D eigenvalue weighted by Crippen LogP contribution is -2.36.